The van der Waals surface area contributed by atoms with Gasteiger partial charge in [-0.05, 0) is 19.4 Å². The van der Waals surface area contributed by atoms with Gasteiger partial charge in [0.2, 0.25) is 0 Å². The van der Waals surface area contributed by atoms with Gasteiger partial charge in [0.1, 0.15) is 5.75 Å². The minimum atomic E-state index is 0.241. The van der Waals surface area contributed by atoms with Gasteiger partial charge in [0, 0.05) is 25.2 Å². The molecule has 0 saturated carbocycles. The summed E-state index contributed by atoms with van der Waals surface area (Å²) in [5.74, 6) is 0.930. The normalized spacial score (nSPS) is 18.3. The lowest BCUT2D eigenvalue weighted by Crippen LogP contribution is -2.36. The van der Waals surface area contributed by atoms with Crippen molar-refractivity contribution in [1.82, 2.24) is 4.90 Å². The van der Waals surface area contributed by atoms with Gasteiger partial charge in [-0.3, -0.25) is 4.90 Å². The smallest absolute Gasteiger partial charge is 0.123 e. The van der Waals surface area contributed by atoms with Gasteiger partial charge in [-0.15, -0.1) is 0 Å². The molecule has 0 aromatic heterocycles. The molecule has 1 aliphatic heterocycles. The quantitative estimate of drug-likeness (QED) is 0.829. The zero-order chi connectivity index (χ0) is 13.0. The number of hydrogen-bond donors (Lipinski definition) is 1. The lowest BCUT2D eigenvalue weighted by molar-refractivity contribution is 0.213. The van der Waals surface area contributed by atoms with Crippen molar-refractivity contribution in [1.29, 1.82) is 0 Å². The predicted molar refractivity (Wildman–Crippen MR) is 74.7 cm³/mol. The Kier molecular flexibility index (Phi) is 4.39. The Morgan fingerprint density at radius 3 is 2.78 bits per heavy atom. The number of hydrogen-bond acceptors (Lipinski definition) is 3. The van der Waals surface area contributed by atoms with E-state index < -0.39 is 0 Å². The van der Waals surface area contributed by atoms with Crippen LogP contribution in [0.2, 0.25) is 0 Å². The molecule has 18 heavy (non-hydrogen) atoms. The number of rotatable bonds is 4. The fraction of sp³-hybridized carbons (Fsp3) is 0.467. The second-order valence-corrected chi connectivity index (χ2v) is 4.79. The van der Waals surface area contributed by atoms with E-state index in [0.29, 0.717) is 6.54 Å². The third kappa shape index (κ3) is 2.74. The summed E-state index contributed by atoms with van der Waals surface area (Å²) in [6.07, 6.45) is 3.42. The lowest BCUT2D eigenvalue weighted by atomic mass is 10.0. The van der Waals surface area contributed by atoms with E-state index in [9.17, 15) is 0 Å². The van der Waals surface area contributed by atoms with E-state index in [1.165, 1.54) is 11.1 Å². The minimum absolute atomic E-state index is 0.241. The summed E-state index contributed by atoms with van der Waals surface area (Å²) in [5.41, 5.74) is 8.64. The Morgan fingerprint density at radius 1 is 1.39 bits per heavy atom. The van der Waals surface area contributed by atoms with E-state index >= 15 is 0 Å². The molecule has 0 saturated heterocycles. The molecule has 3 heteroatoms. The maximum absolute atomic E-state index is 5.98. The fourth-order valence-corrected chi connectivity index (χ4v) is 2.48. The molecule has 2 rings (SSSR count). The Hall–Kier alpha value is -1.32. The van der Waals surface area contributed by atoms with E-state index in [1.54, 1.807) is 7.11 Å². The monoisotopic (exact) mass is 246 g/mol. The van der Waals surface area contributed by atoms with Crippen LogP contribution >= 0.6 is 0 Å². The van der Waals surface area contributed by atoms with Crippen molar-refractivity contribution in [2.45, 2.75) is 19.4 Å². The van der Waals surface area contributed by atoms with Gasteiger partial charge in [0.25, 0.3) is 0 Å². The number of ether oxygens (including phenoxy) is 1. The van der Waals surface area contributed by atoms with Crippen LogP contribution < -0.4 is 10.5 Å². The fourth-order valence-electron chi connectivity index (χ4n) is 2.48. The molecule has 0 radical (unpaired) electrons. The summed E-state index contributed by atoms with van der Waals surface area (Å²) in [5, 5.41) is 0. The maximum atomic E-state index is 5.98. The summed E-state index contributed by atoms with van der Waals surface area (Å²) in [6, 6.07) is 8.40. The van der Waals surface area contributed by atoms with Crippen molar-refractivity contribution in [3.8, 4) is 5.75 Å². The summed E-state index contributed by atoms with van der Waals surface area (Å²) in [6.45, 7) is 4.86. The molecule has 1 atom stereocenters. The molecule has 3 nitrogen and oxygen atoms in total. The van der Waals surface area contributed by atoms with Gasteiger partial charge < -0.3 is 10.5 Å². The average Bonchev–Trinajstić information content (AvgIpc) is 2.42. The topological polar surface area (TPSA) is 38.5 Å². The SMILES string of the molecule is COc1ccccc1C(CN)N1CC=C(C)CC1. The van der Waals surface area contributed by atoms with Crippen LogP contribution in [0.4, 0.5) is 0 Å². The summed E-state index contributed by atoms with van der Waals surface area (Å²) in [7, 11) is 1.71. The van der Waals surface area contributed by atoms with Crippen molar-refractivity contribution in [3.63, 3.8) is 0 Å². The van der Waals surface area contributed by atoms with Crippen LogP contribution in [0.25, 0.3) is 0 Å². The molecule has 0 aliphatic carbocycles. The molecule has 0 fully saturated rings. The number of para-hydroxylation sites is 1. The molecular weight excluding hydrogens is 224 g/mol. The Morgan fingerprint density at radius 2 is 2.17 bits per heavy atom. The van der Waals surface area contributed by atoms with Crippen molar-refractivity contribution >= 4 is 0 Å². The third-order valence-corrected chi connectivity index (χ3v) is 3.63. The molecule has 1 aromatic rings. The van der Waals surface area contributed by atoms with Crippen molar-refractivity contribution in [3.05, 3.63) is 41.5 Å². The Balaban J connectivity index is 2.23. The number of benzene rings is 1. The highest BCUT2D eigenvalue weighted by Gasteiger charge is 2.22. The maximum Gasteiger partial charge on any atom is 0.123 e. The first-order chi connectivity index (χ1) is 8.76. The van der Waals surface area contributed by atoms with E-state index in [2.05, 4.69) is 24.0 Å². The van der Waals surface area contributed by atoms with Gasteiger partial charge in [-0.2, -0.15) is 0 Å². The molecule has 98 valence electrons. The standard InChI is InChI=1S/C15H22N2O/c1-12-7-9-17(10-8-12)14(11-16)13-5-3-4-6-15(13)18-2/h3-7,14H,8-11,16H2,1-2H3. The second kappa shape index (κ2) is 6.03. The molecule has 0 spiro atoms. The van der Waals surface area contributed by atoms with Crippen LogP contribution in [0.15, 0.2) is 35.9 Å². The van der Waals surface area contributed by atoms with Gasteiger partial charge >= 0.3 is 0 Å². The Labute approximate surface area is 109 Å². The Bertz CT molecular complexity index is 428. The van der Waals surface area contributed by atoms with Gasteiger partial charge in [-0.25, -0.2) is 0 Å². The zero-order valence-electron chi connectivity index (χ0n) is 11.2. The largest absolute Gasteiger partial charge is 0.496 e. The van der Waals surface area contributed by atoms with Crippen LogP contribution in [0.3, 0.4) is 0 Å². The van der Waals surface area contributed by atoms with Crippen LogP contribution in [-0.2, 0) is 0 Å². The van der Waals surface area contributed by atoms with E-state index in [0.717, 1.165) is 25.3 Å². The highest BCUT2D eigenvalue weighted by atomic mass is 16.5. The summed E-state index contributed by atoms with van der Waals surface area (Å²) in [4.78, 5) is 2.42. The molecule has 2 N–H and O–H groups in total. The van der Waals surface area contributed by atoms with Gasteiger partial charge in [-0.1, -0.05) is 29.8 Å². The first kappa shape index (κ1) is 13.1. The van der Waals surface area contributed by atoms with Crippen LogP contribution in [0.1, 0.15) is 24.9 Å². The van der Waals surface area contributed by atoms with Crippen LogP contribution in [-0.4, -0.2) is 31.6 Å². The van der Waals surface area contributed by atoms with Crippen LogP contribution in [0.5, 0.6) is 5.75 Å². The lowest BCUT2D eigenvalue weighted by Gasteiger charge is -2.33. The second-order valence-electron chi connectivity index (χ2n) is 4.79. The highest BCUT2D eigenvalue weighted by Crippen LogP contribution is 2.30. The van der Waals surface area contributed by atoms with Crippen molar-refractivity contribution in [2.75, 3.05) is 26.7 Å². The molecule has 1 unspecified atom stereocenters. The molecule has 0 bridgehead atoms. The summed E-state index contributed by atoms with van der Waals surface area (Å²) < 4.78 is 5.44. The average molecular weight is 246 g/mol. The third-order valence-electron chi connectivity index (χ3n) is 3.63. The van der Waals surface area contributed by atoms with E-state index in [1.807, 2.05) is 18.2 Å². The summed E-state index contributed by atoms with van der Waals surface area (Å²) >= 11 is 0. The molecule has 1 heterocycles. The first-order valence-electron chi connectivity index (χ1n) is 6.49. The zero-order valence-corrected chi connectivity index (χ0v) is 11.2. The van der Waals surface area contributed by atoms with Crippen LogP contribution in [0, 0.1) is 0 Å². The van der Waals surface area contributed by atoms with E-state index in [-0.39, 0.29) is 6.04 Å². The van der Waals surface area contributed by atoms with Gasteiger partial charge in [0.15, 0.2) is 0 Å². The van der Waals surface area contributed by atoms with Crippen molar-refractivity contribution in [2.24, 2.45) is 5.73 Å². The molecular formula is C15H22N2O. The van der Waals surface area contributed by atoms with Crippen molar-refractivity contribution < 1.29 is 4.74 Å². The highest BCUT2D eigenvalue weighted by molar-refractivity contribution is 5.36. The molecule has 1 aromatic carbocycles. The predicted octanol–water partition coefficient (Wildman–Crippen LogP) is 2.35. The number of nitrogens with zero attached hydrogens (tertiary/aromatic N) is 1. The first-order valence-corrected chi connectivity index (χ1v) is 6.49. The van der Waals surface area contributed by atoms with E-state index in [4.69, 9.17) is 10.5 Å². The molecule has 0 amide bonds. The van der Waals surface area contributed by atoms with Gasteiger partial charge in [0.05, 0.1) is 13.2 Å². The minimum Gasteiger partial charge on any atom is -0.496 e. The number of nitrogens with two attached hydrogens (primary N) is 1. The number of methoxy groups -OCH3 is 1. The molecule has 1 aliphatic rings.